The van der Waals surface area contributed by atoms with Crippen LogP contribution in [0.5, 0.6) is 5.75 Å². The molecule has 0 radical (unpaired) electrons. The van der Waals surface area contributed by atoms with Crippen LogP contribution in [-0.4, -0.2) is 49.5 Å². The van der Waals surface area contributed by atoms with E-state index in [-0.39, 0.29) is 11.2 Å². The Hall–Kier alpha value is -4.14. The van der Waals surface area contributed by atoms with E-state index in [4.69, 9.17) is 26.4 Å². The average Bonchev–Trinajstić information content (AvgIpc) is 3.39. The number of hydrogen-bond acceptors (Lipinski definition) is 6. The molecule has 0 amide bonds. The van der Waals surface area contributed by atoms with Crippen LogP contribution >= 0.6 is 11.6 Å². The van der Waals surface area contributed by atoms with E-state index in [1.807, 2.05) is 64.1 Å². The highest BCUT2D eigenvalue weighted by molar-refractivity contribution is 6.31. The number of aliphatic carboxylic acids is 1. The number of aromatic hydroxyl groups is 1. The third kappa shape index (κ3) is 6.51. The number of piperidine rings is 1. The summed E-state index contributed by atoms with van der Waals surface area (Å²) in [7, 11) is 0. The van der Waals surface area contributed by atoms with E-state index in [0.717, 1.165) is 24.0 Å². The predicted octanol–water partition coefficient (Wildman–Crippen LogP) is 8.02. The Morgan fingerprint density at radius 2 is 1.84 bits per heavy atom. The zero-order chi connectivity index (χ0) is 31.8. The lowest BCUT2D eigenvalue weighted by Gasteiger charge is -2.40. The standard InChI is InChI=1S/C35H39ClN4O4/c1-7-8-14-35(6)15-17-39(18-16-35)32-30(31(33(42)43)44-34(3,4)5)22(2)37-29-21-27(38-40(29)32)24-11-9-10-23(19-24)26-20-25(36)12-13-28(26)41/h7-14,19-21,31,41H,1,15-18H2,2-6H3,(H,42,43). The first-order valence-electron chi connectivity index (χ1n) is 14.7. The van der Waals surface area contributed by atoms with Crippen LogP contribution in [0.3, 0.4) is 0 Å². The normalized spacial score (nSPS) is 16.0. The lowest BCUT2D eigenvalue weighted by atomic mass is 9.80. The minimum atomic E-state index is -1.24. The number of rotatable bonds is 8. The number of aryl methyl sites for hydroxylation is 1. The van der Waals surface area contributed by atoms with E-state index in [1.54, 1.807) is 28.8 Å². The van der Waals surface area contributed by atoms with Crippen LogP contribution in [0.25, 0.3) is 28.0 Å². The average molecular weight is 615 g/mol. The molecule has 1 saturated heterocycles. The zero-order valence-corrected chi connectivity index (χ0v) is 26.6. The summed E-state index contributed by atoms with van der Waals surface area (Å²) < 4.78 is 7.91. The number of ether oxygens (including phenoxy) is 1. The molecule has 44 heavy (non-hydrogen) atoms. The van der Waals surface area contributed by atoms with Gasteiger partial charge in [-0.15, -0.1) is 0 Å². The summed E-state index contributed by atoms with van der Waals surface area (Å²) in [4.78, 5) is 19.8. The Morgan fingerprint density at radius 3 is 2.50 bits per heavy atom. The van der Waals surface area contributed by atoms with Gasteiger partial charge >= 0.3 is 5.97 Å². The van der Waals surface area contributed by atoms with Crippen LogP contribution in [0.2, 0.25) is 5.02 Å². The maximum atomic E-state index is 12.7. The Kier molecular flexibility index (Phi) is 8.60. The van der Waals surface area contributed by atoms with Crippen molar-refractivity contribution >= 4 is 29.0 Å². The highest BCUT2D eigenvalue weighted by Crippen LogP contribution is 2.40. The number of carboxylic acids is 1. The van der Waals surface area contributed by atoms with Crippen molar-refractivity contribution in [1.82, 2.24) is 14.6 Å². The summed E-state index contributed by atoms with van der Waals surface area (Å²) in [6.45, 7) is 14.8. The van der Waals surface area contributed by atoms with Crippen molar-refractivity contribution in [2.75, 3.05) is 18.0 Å². The molecule has 230 valence electrons. The van der Waals surface area contributed by atoms with E-state index in [1.165, 1.54) is 0 Å². The maximum absolute atomic E-state index is 12.7. The Balaban J connectivity index is 1.66. The number of allylic oxidation sites excluding steroid dienone is 3. The Morgan fingerprint density at radius 1 is 1.14 bits per heavy atom. The number of benzene rings is 2. The first kappa shape index (κ1) is 31.3. The third-order valence-electron chi connectivity index (χ3n) is 8.03. The van der Waals surface area contributed by atoms with Crippen molar-refractivity contribution in [2.24, 2.45) is 5.41 Å². The molecule has 2 N–H and O–H groups in total. The van der Waals surface area contributed by atoms with Gasteiger partial charge in [0.15, 0.2) is 11.8 Å². The molecule has 2 aromatic heterocycles. The van der Waals surface area contributed by atoms with Gasteiger partial charge in [0.25, 0.3) is 0 Å². The Labute approximate surface area is 263 Å². The van der Waals surface area contributed by atoms with Gasteiger partial charge in [-0.1, -0.05) is 61.5 Å². The number of nitrogens with zero attached hydrogens (tertiary/aromatic N) is 4. The lowest BCUT2D eigenvalue weighted by molar-refractivity contribution is -0.160. The van der Waals surface area contributed by atoms with E-state index < -0.39 is 17.7 Å². The molecular formula is C35H39ClN4O4. The van der Waals surface area contributed by atoms with Crippen LogP contribution in [0, 0.1) is 12.3 Å². The second-order valence-corrected chi connectivity index (χ2v) is 13.1. The van der Waals surface area contributed by atoms with Crippen LogP contribution in [0.1, 0.15) is 57.9 Å². The number of halogens is 1. The molecule has 8 nitrogen and oxygen atoms in total. The fourth-order valence-corrected chi connectivity index (χ4v) is 5.91. The zero-order valence-electron chi connectivity index (χ0n) is 25.8. The molecule has 1 unspecified atom stereocenters. The smallest absolute Gasteiger partial charge is 0.337 e. The van der Waals surface area contributed by atoms with Crippen LogP contribution in [0.15, 0.2) is 73.3 Å². The van der Waals surface area contributed by atoms with Gasteiger partial charge in [-0.3, -0.25) is 0 Å². The fourth-order valence-electron chi connectivity index (χ4n) is 5.74. The number of aromatic nitrogens is 3. The summed E-state index contributed by atoms with van der Waals surface area (Å²) in [6.07, 6.45) is 6.49. The number of phenolic OH excluding ortho intramolecular Hbond substituents is 1. The fraction of sp³-hybridized carbons (Fsp3) is 0.343. The van der Waals surface area contributed by atoms with Crippen LogP contribution < -0.4 is 4.90 Å². The molecule has 0 aliphatic carbocycles. The Bertz CT molecular complexity index is 1750. The summed E-state index contributed by atoms with van der Waals surface area (Å²) in [6, 6.07) is 14.5. The molecule has 9 heteroatoms. The van der Waals surface area contributed by atoms with E-state index in [2.05, 4.69) is 24.5 Å². The second kappa shape index (κ2) is 12.1. The van der Waals surface area contributed by atoms with Crippen LogP contribution in [0.4, 0.5) is 5.82 Å². The quantitative estimate of drug-likeness (QED) is 0.194. The monoisotopic (exact) mass is 614 g/mol. The molecule has 0 spiro atoms. The van der Waals surface area contributed by atoms with Gasteiger partial charge in [0.1, 0.15) is 11.6 Å². The van der Waals surface area contributed by atoms with Crippen molar-refractivity contribution in [3.05, 3.63) is 89.6 Å². The maximum Gasteiger partial charge on any atom is 0.337 e. The largest absolute Gasteiger partial charge is 0.507 e. The molecule has 1 aliphatic rings. The summed E-state index contributed by atoms with van der Waals surface area (Å²) in [5.41, 5.74) is 3.86. The lowest BCUT2D eigenvalue weighted by Crippen LogP contribution is -2.40. The predicted molar refractivity (Wildman–Crippen MR) is 175 cm³/mol. The number of phenols is 1. The van der Waals surface area contributed by atoms with Gasteiger partial charge < -0.3 is 19.8 Å². The molecular weight excluding hydrogens is 576 g/mol. The highest BCUT2D eigenvalue weighted by Gasteiger charge is 2.36. The summed E-state index contributed by atoms with van der Waals surface area (Å²) in [5, 5.41) is 26.4. The van der Waals surface area contributed by atoms with Crippen molar-refractivity contribution in [3.63, 3.8) is 0 Å². The molecule has 1 aliphatic heterocycles. The third-order valence-corrected chi connectivity index (χ3v) is 8.26. The highest BCUT2D eigenvalue weighted by atomic mass is 35.5. The van der Waals surface area contributed by atoms with Crippen molar-refractivity contribution in [2.45, 2.75) is 59.2 Å². The van der Waals surface area contributed by atoms with Gasteiger partial charge in [-0.2, -0.15) is 9.61 Å². The van der Waals surface area contributed by atoms with E-state index >= 15 is 0 Å². The topological polar surface area (TPSA) is 100 Å². The van der Waals surface area contributed by atoms with E-state index in [9.17, 15) is 15.0 Å². The molecule has 3 heterocycles. The second-order valence-electron chi connectivity index (χ2n) is 12.7. The van der Waals surface area contributed by atoms with Gasteiger partial charge in [0.05, 0.1) is 16.9 Å². The van der Waals surface area contributed by atoms with Gasteiger partial charge in [-0.25, -0.2) is 9.78 Å². The number of carbonyl (C=O) groups is 1. The molecule has 1 fully saturated rings. The van der Waals surface area contributed by atoms with Crippen molar-refractivity contribution in [1.29, 1.82) is 0 Å². The number of carboxylic acid groups (broad SMARTS) is 1. The molecule has 0 saturated carbocycles. The first-order chi connectivity index (χ1) is 20.8. The number of hydrogen-bond donors (Lipinski definition) is 2. The minimum Gasteiger partial charge on any atom is -0.507 e. The molecule has 2 aromatic carbocycles. The molecule has 1 atom stereocenters. The summed E-state index contributed by atoms with van der Waals surface area (Å²) >= 11 is 6.23. The van der Waals surface area contributed by atoms with Gasteiger partial charge in [0.2, 0.25) is 0 Å². The molecule has 5 rings (SSSR count). The summed E-state index contributed by atoms with van der Waals surface area (Å²) in [5.74, 6) is -0.277. The number of fused-ring (bicyclic) bond motifs is 1. The number of anilines is 1. The van der Waals surface area contributed by atoms with Crippen LogP contribution in [-0.2, 0) is 9.53 Å². The van der Waals surface area contributed by atoms with Crippen molar-refractivity contribution < 1.29 is 19.7 Å². The first-order valence-corrected chi connectivity index (χ1v) is 15.1. The van der Waals surface area contributed by atoms with Gasteiger partial charge in [0, 0.05) is 41.0 Å². The SMILES string of the molecule is C=CC=CC1(C)CCN(c2c(C(OC(C)(C)C)C(=O)O)c(C)nc3cc(-c4cccc(-c5cc(Cl)ccc5O)c4)nn23)CC1. The van der Waals surface area contributed by atoms with Crippen molar-refractivity contribution in [3.8, 4) is 28.1 Å². The molecule has 0 bridgehead atoms. The van der Waals surface area contributed by atoms with E-state index in [0.29, 0.717) is 52.1 Å². The van der Waals surface area contributed by atoms with Gasteiger partial charge in [-0.05, 0) is 75.8 Å². The molecule has 4 aromatic rings. The minimum absolute atomic E-state index is 0.00175.